The molecule has 140 valence electrons. The number of hydrogen-bond donors (Lipinski definition) is 1. The van der Waals surface area contributed by atoms with Crippen LogP contribution in [-0.4, -0.2) is 65.9 Å². The molecule has 0 unspecified atom stereocenters. The number of aliphatic hydroxyl groups excluding tert-OH is 1. The van der Waals surface area contributed by atoms with Crippen molar-refractivity contribution in [2.45, 2.75) is 45.6 Å². The molecule has 2 rings (SSSR count). The van der Waals surface area contributed by atoms with E-state index in [1.165, 1.54) is 0 Å². The average molecular weight is 349 g/mol. The molecule has 0 radical (unpaired) electrons. The van der Waals surface area contributed by atoms with Gasteiger partial charge in [-0.15, -0.1) is 0 Å². The van der Waals surface area contributed by atoms with Crippen LogP contribution in [0.15, 0.2) is 18.3 Å². The number of unbranched alkanes of at least 4 members (excludes halogenated alkanes) is 2. The molecule has 0 atom stereocenters. The molecule has 0 spiro atoms. The first-order valence-electron chi connectivity index (χ1n) is 9.16. The second-order valence-corrected chi connectivity index (χ2v) is 7.52. The number of aromatic nitrogens is 1. The van der Waals surface area contributed by atoms with Gasteiger partial charge >= 0.3 is 5.97 Å². The Labute approximate surface area is 150 Å². The maximum Gasteiger partial charge on any atom is 0.340 e. The first-order chi connectivity index (χ1) is 11.9. The van der Waals surface area contributed by atoms with Crippen LogP contribution in [0.5, 0.6) is 0 Å². The van der Waals surface area contributed by atoms with E-state index < -0.39 is 5.60 Å². The largest absolute Gasteiger partial charge is 0.456 e. The normalized spacial score (nSPS) is 16.1. The molecule has 1 aliphatic heterocycles. The predicted molar refractivity (Wildman–Crippen MR) is 99.0 cm³/mol. The van der Waals surface area contributed by atoms with Gasteiger partial charge in [0, 0.05) is 39.0 Å². The molecular formula is C19H31N3O3. The maximum absolute atomic E-state index is 12.0. The van der Waals surface area contributed by atoms with Crippen molar-refractivity contribution in [2.75, 3.05) is 44.2 Å². The van der Waals surface area contributed by atoms with Gasteiger partial charge in [0.05, 0.1) is 5.56 Å². The lowest BCUT2D eigenvalue weighted by Crippen LogP contribution is -2.46. The molecule has 6 heteroatoms. The van der Waals surface area contributed by atoms with E-state index in [0.717, 1.165) is 57.8 Å². The SMILES string of the molecule is CC(C)(C)OC(=O)c1ccc(N2CCN(CCCCCO)CC2)nc1. The van der Waals surface area contributed by atoms with Crippen LogP contribution in [0, 0.1) is 0 Å². The molecule has 1 aromatic rings. The summed E-state index contributed by atoms with van der Waals surface area (Å²) in [6.45, 7) is 10.9. The van der Waals surface area contributed by atoms with Gasteiger partial charge in [-0.1, -0.05) is 0 Å². The second-order valence-electron chi connectivity index (χ2n) is 7.52. The standard InChI is InChI=1S/C19H31N3O3/c1-19(2,3)25-18(24)16-7-8-17(20-15-16)22-12-10-21(11-13-22)9-5-4-6-14-23/h7-8,15,23H,4-6,9-14H2,1-3H3. The Kier molecular flexibility index (Phi) is 7.20. The Morgan fingerprint density at radius 3 is 2.44 bits per heavy atom. The number of carbonyl (C=O) groups excluding carboxylic acids is 1. The van der Waals surface area contributed by atoms with Crippen LogP contribution < -0.4 is 4.90 Å². The zero-order chi connectivity index (χ0) is 18.3. The smallest absolute Gasteiger partial charge is 0.340 e. The number of hydrogen-bond acceptors (Lipinski definition) is 6. The van der Waals surface area contributed by atoms with E-state index >= 15 is 0 Å². The number of pyridine rings is 1. The van der Waals surface area contributed by atoms with Crippen LogP contribution in [0.3, 0.4) is 0 Å². The van der Waals surface area contributed by atoms with Crippen molar-refractivity contribution in [3.8, 4) is 0 Å². The van der Waals surface area contributed by atoms with Gasteiger partial charge < -0.3 is 14.7 Å². The minimum absolute atomic E-state index is 0.290. The average Bonchev–Trinajstić information content (AvgIpc) is 2.58. The van der Waals surface area contributed by atoms with E-state index in [4.69, 9.17) is 9.84 Å². The molecule has 0 saturated carbocycles. The third kappa shape index (κ3) is 6.63. The van der Waals surface area contributed by atoms with Gasteiger partial charge in [-0.25, -0.2) is 9.78 Å². The van der Waals surface area contributed by atoms with E-state index in [1.54, 1.807) is 12.3 Å². The van der Waals surface area contributed by atoms with E-state index in [0.29, 0.717) is 12.2 Å². The highest BCUT2D eigenvalue weighted by Gasteiger charge is 2.20. The summed E-state index contributed by atoms with van der Waals surface area (Å²) in [6.07, 6.45) is 4.73. The number of carbonyl (C=O) groups is 1. The molecule has 1 fully saturated rings. The summed E-state index contributed by atoms with van der Waals surface area (Å²) in [5, 5.41) is 8.82. The minimum Gasteiger partial charge on any atom is -0.456 e. The number of anilines is 1. The highest BCUT2D eigenvalue weighted by molar-refractivity contribution is 5.89. The molecule has 1 N–H and O–H groups in total. The minimum atomic E-state index is -0.497. The summed E-state index contributed by atoms with van der Waals surface area (Å²) in [4.78, 5) is 21.2. The van der Waals surface area contributed by atoms with E-state index in [9.17, 15) is 4.79 Å². The van der Waals surface area contributed by atoms with Crippen molar-refractivity contribution < 1.29 is 14.6 Å². The fraction of sp³-hybridized carbons (Fsp3) is 0.684. The van der Waals surface area contributed by atoms with Gasteiger partial charge in [0.2, 0.25) is 0 Å². The molecule has 1 saturated heterocycles. The lowest BCUT2D eigenvalue weighted by Gasteiger charge is -2.35. The van der Waals surface area contributed by atoms with E-state index in [-0.39, 0.29) is 5.97 Å². The molecule has 0 aliphatic carbocycles. The third-order valence-corrected chi connectivity index (χ3v) is 4.21. The van der Waals surface area contributed by atoms with Crippen LogP contribution in [-0.2, 0) is 4.74 Å². The van der Waals surface area contributed by atoms with Gasteiger partial charge in [0.1, 0.15) is 11.4 Å². The number of nitrogens with zero attached hydrogens (tertiary/aromatic N) is 3. The quantitative estimate of drug-likeness (QED) is 0.602. The summed E-state index contributed by atoms with van der Waals surface area (Å²) >= 11 is 0. The van der Waals surface area contributed by atoms with E-state index in [1.807, 2.05) is 26.8 Å². The van der Waals surface area contributed by atoms with Crippen molar-refractivity contribution in [1.82, 2.24) is 9.88 Å². The highest BCUT2D eigenvalue weighted by Crippen LogP contribution is 2.17. The Morgan fingerprint density at radius 2 is 1.88 bits per heavy atom. The molecule has 0 amide bonds. The number of rotatable bonds is 7. The molecule has 1 aromatic heterocycles. The van der Waals surface area contributed by atoms with Crippen LogP contribution in [0.25, 0.3) is 0 Å². The fourth-order valence-electron chi connectivity index (χ4n) is 2.86. The van der Waals surface area contributed by atoms with Gasteiger partial charge in [0.15, 0.2) is 0 Å². The number of aliphatic hydroxyl groups is 1. The third-order valence-electron chi connectivity index (χ3n) is 4.21. The lowest BCUT2D eigenvalue weighted by molar-refractivity contribution is 0.00691. The monoisotopic (exact) mass is 349 g/mol. The summed E-state index contributed by atoms with van der Waals surface area (Å²) < 4.78 is 5.36. The second kappa shape index (κ2) is 9.15. The van der Waals surface area contributed by atoms with Crippen LogP contribution >= 0.6 is 0 Å². The number of esters is 1. The van der Waals surface area contributed by atoms with Crippen molar-refractivity contribution in [1.29, 1.82) is 0 Å². The van der Waals surface area contributed by atoms with Gasteiger partial charge in [0.25, 0.3) is 0 Å². The van der Waals surface area contributed by atoms with Gasteiger partial charge in [-0.2, -0.15) is 0 Å². The summed E-state index contributed by atoms with van der Waals surface area (Å²) in [6, 6.07) is 3.69. The van der Waals surface area contributed by atoms with E-state index in [2.05, 4.69) is 14.8 Å². The maximum atomic E-state index is 12.0. The van der Waals surface area contributed by atoms with Crippen molar-refractivity contribution in [2.24, 2.45) is 0 Å². The highest BCUT2D eigenvalue weighted by atomic mass is 16.6. The lowest BCUT2D eigenvalue weighted by atomic mass is 10.2. The number of piperazine rings is 1. The topological polar surface area (TPSA) is 65.9 Å². The van der Waals surface area contributed by atoms with Crippen LogP contribution in [0.1, 0.15) is 50.4 Å². The van der Waals surface area contributed by atoms with Crippen molar-refractivity contribution in [3.63, 3.8) is 0 Å². The molecule has 0 aromatic carbocycles. The van der Waals surface area contributed by atoms with Crippen LogP contribution in [0.2, 0.25) is 0 Å². The van der Waals surface area contributed by atoms with Crippen LogP contribution in [0.4, 0.5) is 5.82 Å². The fourth-order valence-corrected chi connectivity index (χ4v) is 2.86. The molecule has 6 nitrogen and oxygen atoms in total. The Balaban J connectivity index is 1.80. The molecule has 1 aliphatic rings. The first-order valence-corrected chi connectivity index (χ1v) is 9.16. The molecule has 0 bridgehead atoms. The van der Waals surface area contributed by atoms with Crippen molar-refractivity contribution in [3.05, 3.63) is 23.9 Å². The summed E-state index contributed by atoms with van der Waals surface area (Å²) in [5.41, 5.74) is -0.00955. The Hall–Kier alpha value is -1.66. The molecule has 2 heterocycles. The van der Waals surface area contributed by atoms with Gasteiger partial charge in [-0.3, -0.25) is 4.90 Å². The summed E-state index contributed by atoms with van der Waals surface area (Å²) in [5.74, 6) is 0.575. The molecular weight excluding hydrogens is 318 g/mol. The van der Waals surface area contributed by atoms with Gasteiger partial charge in [-0.05, 0) is 58.7 Å². The summed E-state index contributed by atoms with van der Waals surface area (Å²) in [7, 11) is 0. The Morgan fingerprint density at radius 1 is 1.16 bits per heavy atom. The predicted octanol–water partition coefficient (Wildman–Crippen LogP) is 2.32. The number of ether oxygens (including phenoxy) is 1. The van der Waals surface area contributed by atoms with Crippen molar-refractivity contribution >= 4 is 11.8 Å². The first kappa shape index (κ1) is 19.7. The molecule has 25 heavy (non-hydrogen) atoms. The Bertz CT molecular complexity index is 532. The zero-order valence-corrected chi connectivity index (χ0v) is 15.7. The zero-order valence-electron chi connectivity index (χ0n) is 15.7.